The summed E-state index contributed by atoms with van der Waals surface area (Å²) in [6.07, 6.45) is 3.44. The van der Waals surface area contributed by atoms with Gasteiger partial charge in [-0.2, -0.15) is 0 Å². The number of fused-ring (bicyclic) bond motifs is 2. The summed E-state index contributed by atoms with van der Waals surface area (Å²) in [7, 11) is 0. The molecule has 0 bridgehead atoms. The maximum atomic E-state index is 15.1. The summed E-state index contributed by atoms with van der Waals surface area (Å²) in [5.74, 6) is 0. The fourth-order valence-electron chi connectivity index (χ4n) is 3.43. The molecule has 0 atom stereocenters. The lowest BCUT2D eigenvalue weighted by Gasteiger charge is -2.28. The quantitative estimate of drug-likeness (QED) is 0.684. The molecule has 1 heterocycles. The van der Waals surface area contributed by atoms with E-state index in [0.717, 1.165) is 30.0 Å². The highest BCUT2D eigenvalue weighted by Crippen LogP contribution is 2.38. The third kappa shape index (κ3) is 2.10. The molecule has 0 unspecified atom stereocenters. The predicted octanol–water partition coefficient (Wildman–Crippen LogP) is 4.21. The second-order valence-electron chi connectivity index (χ2n) is 6.16. The van der Waals surface area contributed by atoms with Crippen LogP contribution >= 0.6 is 0 Å². The van der Waals surface area contributed by atoms with E-state index >= 15 is 4.39 Å². The summed E-state index contributed by atoms with van der Waals surface area (Å²) in [4.78, 5) is 19.5. The van der Waals surface area contributed by atoms with E-state index < -0.39 is 11.2 Å². The van der Waals surface area contributed by atoms with E-state index in [1.54, 1.807) is 0 Å². The van der Waals surface area contributed by atoms with Gasteiger partial charge in [0.2, 0.25) is 0 Å². The van der Waals surface area contributed by atoms with Crippen LogP contribution in [0.15, 0.2) is 41.2 Å². The highest BCUT2D eigenvalue weighted by Gasteiger charge is 2.37. The molecule has 0 amide bonds. The fourth-order valence-corrected chi connectivity index (χ4v) is 3.43. The lowest BCUT2D eigenvalue weighted by atomic mass is 9.84. The molecule has 2 aromatic carbocycles. The first-order valence-electron chi connectivity index (χ1n) is 7.78. The molecule has 1 aliphatic rings. The lowest BCUT2D eigenvalue weighted by Crippen LogP contribution is -2.32. The molecule has 4 rings (SSSR count). The number of aromatic amines is 1. The van der Waals surface area contributed by atoms with Crippen LogP contribution in [-0.2, 0) is 5.67 Å². The Labute approximate surface area is 127 Å². The molecule has 112 valence electrons. The van der Waals surface area contributed by atoms with Crippen molar-refractivity contribution in [1.29, 1.82) is 0 Å². The van der Waals surface area contributed by atoms with Crippen molar-refractivity contribution in [3.05, 3.63) is 52.4 Å². The summed E-state index contributed by atoms with van der Waals surface area (Å²) < 4.78 is 15.1. The molecular formula is C18H17FN2O. The van der Waals surface area contributed by atoms with Crippen LogP contribution in [0.25, 0.3) is 21.8 Å². The topological polar surface area (TPSA) is 45.8 Å². The number of hydrogen-bond donors (Lipinski definition) is 1. The van der Waals surface area contributed by atoms with E-state index in [1.807, 2.05) is 36.4 Å². The van der Waals surface area contributed by atoms with Crippen molar-refractivity contribution in [3.8, 4) is 0 Å². The van der Waals surface area contributed by atoms with E-state index in [0.29, 0.717) is 23.9 Å². The molecule has 1 N–H and O–H groups in total. The van der Waals surface area contributed by atoms with Gasteiger partial charge in [-0.15, -0.1) is 0 Å². The summed E-state index contributed by atoms with van der Waals surface area (Å²) in [6, 6.07) is 11.7. The highest BCUT2D eigenvalue weighted by molar-refractivity contribution is 5.94. The summed E-state index contributed by atoms with van der Waals surface area (Å²) in [6.45, 7) is 0. The van der Waals surface area contributed by atoms with Gasteiger partial charge in [-0.1, -0.05) is 30.7 Å². The third-order valence-electron chi connectivity index (χ3n) is 4.63. The van der Waals surface area contributed by atoms with Crippen molar-refractivity contribution in [2.75, 3.05) is 0 Å². The van der Waals surface area contributed by atoms with Gasteiger partial charge in [-0.05, 0) is 48.6 Å². The van der Waals surface area contributed by atoms with Gasteiger partial charge in [0.25, 0.3) is 5.56 Å². The second-order valence-corrected chi connectivity index (χ2v) is 6.16. The Balaban J connectivity index is 1.95. The molecule has 0 aliphatic heterocycles. The Bertz CT molecular complexity index is 910. The van der Waals surface area contributed by atoms with Crippen LogP contribution in [0.3, 0.4) is 0 Å². The van der Waals surface area contributed by atoms with Gasteiger partial charge >= 0.3 is 0 Å². The van der Waals surface area contributed by atoms with E-state index in [1.165, 1.54) is 0 Å². The molecule has 0 spiro atoms. The minimum absolute atomic E-state index is 0.0509. The number of aromatic nitrogens is 2. The van der Waals surface area contributed by atoms with Crippen LogP contribution in [0.1, 0.15) is 37.8 Å². The zero-order chi connectivity index (χ0) is 15.2. The number of nitrogens with one attached hydrogen (secondary N) is 1. The molecule has 1 saturated carbocycles. The van der Waals surface area contributed by atoms with Crippen LogP contribution in [-0.4, -0.2) is 9.97 Å². The van der Waals surface area contributed by atoms with Crippen molar-refractivity contribution in [1.82, 2.24) is 9.97 Å². The lowest BCUT2D eigenvalue weighted by molar-refractivity contribution is 0.0994. The molecule has 1 aromatic heterocycles. The van der Waals surface area contributed by atoms with Gasteiger partial charge in [0, 0.05) is 0 Å². The van der Waals surface area contributed by atoms with Crippen LogP contribution in [0.2, 0.25) is 0 Å². The molecule has 1 aliphatic carbocycles. The fraction of sp³-hybridized carbons (Fsp3) is 0.333. The first-order chi connectivity index (χ1) is 10.7. The average molecular weight is 296 g/mol. The maximum absolute atomic E-state index is 15.1. The zero-order valence-corrected chi connectivity index (χ0v) is 12.2. The molecule has 3 nitrogen and oxygen atoms in total. The number of hydrogen-bond acceptors (Lipinski definition) is 2. The molecule has 22 heavy (non-hydrogen) atoms. The monoisotopic (exact) mass is 296 g/mol. The van der Waals surface area contributed by atoms with Crippen molar-refractivity contribution >= 4 is 21.8 Å². The van der Waals surface area contributed by atoms with Gasteiger partial charge in [0.15, 0.2) is 5.67 Å². The van der Waals surface area contributed by atoms with Crippen molar-refractivity contribution < 1.29 is 4.39 Å². The largest absolute Gasteiger partial charge is 0.319 e. The minimum Gasteiger partial charge on any atom is -0.319 e. The van der Waals surface area contributed by atoms with Crippen LogP contribution < -0.4 is 5.56 Å². The number of benzene rings is 2. The molecule has 0 radical (unpaired) electrons. The second kappa shape index (κ2) is 4.90. The summed E-state index contributed by atoms with van der Waals surface area (Å²) in [5.41, 5.74) is -0.615. The Hall–Kier alpha value is -2.23. The molecule has 1 fully saturated rings. The van der Waals surface area contributed by atoms with Crippen LogP contribution in [0.5, 0.6) is 0 Å². The normalized spacial score (nSPS) is 17.9. The molecule has 4 heteroatoms. The molecule has 3 aromatic rings. The van der Waals surface area contributed by atoms with Gasteiger partial charge in [-0.3, -0.25) is 4.79 Å². The van der Waals surface area contributed by atoms with Crippen molar-refractivity contribution in [3.63, 3.8) is 0 Å². The first kappa shape index (κ1) is 13.4. The van der Waals surface area contributed by atoms with Crippen molar-refractivity contribution in [2.24, 2.45) is 0 Å². The molecular weight excluding hydrogens is 279 g/mol. The Morgan fingerprint density at radius 1 is 1.05 bits per heavy atom. The number of nitrogens with zero attached hydrogens (tertiary/aromatic N) is 1. The minimum atomic E-state index is -1.58. The first-order valence-corrected chi connectivity index (χ1v) is 7.78. The zero-order valence-electron chi connectivity index (χ0n) is 12.2. The Kier molecular flexibility index (Phi) is 2.99. The van der Waals surface area contributed by atoms with Gasteiger partial charge < -0.3 is 4.98 Å². The van der Waals surface area contributed by atoms with Gasteiger partial charge in [-0.25, -0.2) is 9.37 Å². The average Bonchev–Trinajstić information content (AvgIpc) is 2.53. The predicted molar refractivity (Wildman–Crippen MR) is 85.7 cm³/mol. The number of rotatable bonds is 1. The number of H-pyrrole nitrogens is 1. The Morgan fingerprint density at radius 2 is 1.73 bits per heavy atom. The molecule has 0 saturated heterocycles. The standard InChI is InChI=1S/C18H17FN2O/c19-18(8-4-1-5-9-18)16-17(22)21-15-11-13-7-3-2-6-12(13)10-14(15)20-16/h2-3,6-7,10-11H,1,4-5,8-9H2,(H,21,22). The maximum Gasteiger partial charge on any atom is 0.273 e. The number of halogens is 1. The Morgan fingerprint density at radius 3 is 2.45 bits per heavy atom. The van der Waals surface area contributed by atoms with Crippen molar-refractivity contribution in [2.45, 2.75) is 37.8 Å². The third-order valence-corrected chi connectivity index (χ3v) is 4.63. The SMILES string of the molecule is O=c1[nH]c2cc3ccccc3cc2nc1C1(F)CCCCC1. The van der Waals surface area contributed by atoms with Gasteiger partial charge in [0.1, 0.15) is 5.69 Å². The van der Waals surface area contributed by atoms with Gasteiger partial charge in [0.05, 0.1) is 11.0 Å². The van der Waals surface area contributed by atoms with E-state index in [9.17, 15) is 4.79 Å². The summed E-state index contributed by atoms with van der Waals surface area (Å²) in [5, 5.41) is 2.07. The summed E-state index contributed by atoms with van der Waals surface area (Å²) >= 11 is 0. The smallest absolute Gasteiger partial charge is 0.273 e. The van der Waals surface area contributed by atoms with Crippen LogP contribution in [0.4, 0.5) is 4.39 Å². The van der Waals surface area contributed by atoms with E-state index in [-0.39, 0.29) is 5.69 Å². The van der Waals surface area contributed by atoms with E-state index in [4.69, 9.17) is 0 Å². The van der Waals surface area contributed by atoms with Crippen LogP contribution in [0, 0.1) is 0 Å². The number of alkyl halides is 1. The van der Waals surface area contributed by atoms with E-state index in [2.05, 4.69) is 9.97 Å². The highest BCUT2D eigenvalue weighted by atomic mass is 19.1.